The lowest BCUT2D eigenvalue weighted by Gasteiger charge is -2.02. The largest absolute Gasteiger partial charge is 0.503 e. The lowest BCUT2D eigenvalue weighted by molar-refractivity contribution is -0.384. The van der Waals surface area contributed by atoms with Crippen molar-refractivity contribution in [1.82, 2.24) is 4.98 Å². The second kappa shape index (κ2) is 9.06. The van der Waals surface area contributed by atoms with Gasteiger partial charge in [-0.2, -0.15) is 5.26 Å². The van der Waals surface area contributed by atoms with Crippen molar-refractivity contribution in [2.24, 2.45) is 0 Å². The monoisotopic (exact) mass is 499 g/mol. The summed E-state index contributed by atoms with van der Waals surface area (Å²) in [5.41, 5.74) is 1.83. The summed E-state index contributed by atoms with van der Waals surface area (Å²) in [7, 11) is 0. The molecule has 0 fully saturated rings. The summed E-state index contributed by atoms with van der Waals surface area (Å²) in [5, 5.41) is 36.0. The number of nitriles is 1. The number of aliphatic hydroxyl groups is 1. The molecule has 9 heteroatoms. The number of hydrogen-bond acceptors (Lipinski definition) is 7. The van der Waals surface area contributed by atoms with Crippen LogP contribution in [0.4, 0.5) is 5.69 Å². The Morgan fingerprint density at radius 2 is 1.89 bits per heavy atom. The minimum absolute atomic E-state index is 0.0299. The number of allylic oxidation sites excluding steroid dienone is 1. The van der Waals surface area contributed by atoms with Crippen LogP contribution in [0.1, 0.15) is 10.8 Å². The lowest BCUT2D eigenvalue weighted by Crippen LogP contribution is -1.89. The molecule has 0 bridgehead atoms. The second-order valence-corrected chi connectivity index (χ2v) is 8.79. The van der Waals surface area contributed by atoms with Crippen LogP contribution < -0.4 is 0 Å². The van der Waals surface area contributed by atoms with Crippen LogP contribution in [0.3, 0.4) is 0 Å². The van der Waals surface area contributed by atoms with Gasteiger partial charge in [-0.25, -0.2) is 4.98 Å². The predicted octanol–water partition coefficient (Wildman–Crippen LogP) is 7.73. The maximum absolute atomic E-state index is 10.9. The molecule has 2 aromatic heterocycles. The Morgan fingerprint density at radius 3 is 2.63 bits per heavy atom. The van der Waals surface area contributed by atoms with E-state index in [1.165, 1.54) is 35.6 Å². The third-order valence-corrected chi connectivity index (χ3v) is 6.55. The molecule has 35 heavy (non-hydrogen) atoms. The fourth-order valence-corrected chi connectivity index (χ4v) is 4.71. The summed E-state index contributed by atoms with van der Waals surface area (Å²) in [6.45, 7) is 0. The maximum atomic E-state index is 10.9. The number of thiazole rings is 1. The summed E-state index contributed by atoms with van der Waals surface area (Å²) < 4.78 is 5.72. The number of nitro benzene ring substituents is 1. The average molecular weight is 500 g/mol. The summed E-state index contributed by atoms with van der Waals surface area (Å²) in [6, 6.07) is 23.1. The Labute approximate surface area is 207 Å². The molecule has 0 atom stereocenters. The van der Waals surface area contributed by atoms with Crippen molar-refractivity contribution in [3.05, 3.63) is 104 Å². The molecule has 1 N–H and O–H groups in total. The zero-order valence-corrected chi connectivity index (χ0v) is 19.4. The first-order valence-electron chi connectivity index (χ1n) is 10.3. The van der Waals surface area contributed by atoms with Gasteiger partial charge in [0, 0.05) is 28.6 Å². The molecule has 0 saturated carbocycles. The molecule has 2 heterocycles. The first-order chi connectivity index (χ1) is 16.9. The van der Waals surface area contributed by atoms with Gasteiger partial charge in [-0.05, 0) is 35.0 Å². The average Bonchev–Trinajstić information content (AvgIpc) is 3.55. The van der Waals surface area contributed by atoms with Gasteiger partial charge < -0.3 is 9.52 Å². The molecule has 5 aromatic rings. The lowest BCUT2D eigenvalue weighted by atomic mass is 10.1. The van der Waals surface area contributed by atoms with Crippen molar-refractivity contribution in [3.8, 4) is 28.7 Å². The van der Waals surface area contributed by atoms with Crippen LogP contribution in [0.25, 0.3) is 44.7 Å². The van der Waals surface area contributed by atoms with Gasteiger partial charge in [-0.15, -0.1) is 11.3 Å². The van der Waals surface area contributed by atoms with Gasteiger partial charge in [0.2, 0.25) is 0 Å². The molecular weight excluding hydrogens is 486 g/mol. The molecule has 0 amide bonds. The minimum atomic E-state index is -0.544. The van der Waals surface area contributed by atoms with Crippen LogP contribution in [0.5, 0.6) is 0 Å². The smallest absolute Gasteiger partial charge is 0.270 e. The quantitative estimate of drug-likeness (QED) is 0.114. The van der Waals surface area contributed by atoms with Crippen LogP contribution in [-0.4, -0.2) is 15.0 Å². The fourth-order valence-electron chi connectivity index (χ4n) is 3.62. The van der Waals surface area contributed by atoms with Gasteiger partial charge in [-0.3, -0.25) is 10.1 Å². The number of aromatic nitrogens is 1. The number of aliphatic hydroxyl groups excluding tert-OH is 1. The summed E-state index contributed by atoms with van der Waals surface area (Å²) >= 11 is 7.42. The van der Waals surface area contributed by atoms with Gasteiger partial charge in [0.05, 0.1) is 15.6 Å². The predicted molar refractivity (Wildman–Crippen MR) is 136 cm³/mol. The third-order valence-electron chi connectivity index (χ3n) is 5.38. The first kappa shape index (κ1) is 22.3. The van der Waals surface area contributed by atoms with E-state index in [0.29, 0.717) is 22.0 Å². The van der Waals surface area contributed by atoms with Gasteiger partial charge in [0.25, 0.3) is 5.69 Å². The molecule has 0 radical (unpaired) electrons. The number of nitrogens with zero attached hydrogens (tertiary/aromatic N) is 3. The third kappa shape index (κ3) is 4.26. The highest BCUT2D eigenvalue weighted by atomic mass is 35.5. The number of rotatable bonds is 5. The molecule has 0 aliphatic heterocycles. The molecule has 0 aliphatic rings. The molecule has 3 aromatic carbocycles. The molecule has 0 aliphatic carbocycles. The van der Waals surface area contributed by atoms with E-state index >= 15 is 0 Å². The highest BCUT2D eigenvalue weighted by Gasteiger charge is 2.20. The summed E-state index contributed by atoms with van der Waals surface area (Å²) in [4.78, 5) is 15.0. The first-order valence-corrected chi connectivity index (χ1v) is 11.5. The van der Waals surface area contributed by atoms with E-state index in [1.54, 1.807) is 6.07 Å². The molecule has 5 rings (SSSR count). The molecule has 170 valence electrons. The van der Waals surface area contributed by atoms with E-state index < -0.39 is 4.92 Å². The molecule has 0 spiro atoms. The van der Waals surface area contributed by atoms with Gasteiger partial charge >= 0.3 is 0 Å². The maximum Gasteiger partial charge on any atom is 0.270 e. The number of furan rings is 1. The van der Waals surface area contributed by atoms with E-state index in [4.69, 9.17) is 16.0 Å². The van der Waals surface area contributed by atoms with Crippen LogP contribution in [0.2, 0.25) is 5.02 Å². The standard InChI is InChI=1S/C26H14ClN3O4S/c27-21-12-18(30(32)33)7-8-19(21)23-9-10-24(34-23)25(31)20(13-28)26-29-22(14-35-26)17-6-5-15-3-1-2-4-16(15)11-17/h1-12,14,31H/b25-20-. The van der Waals surface area contributed by atoms with Crippen LogP contribution in [-0.2, 0) is 0 Å². The van der Waals surface area contributed by atoms with Crippen molar-refractivity contribution >= 4 is 50.7 Å². The van der Waals surface area contributed by atoms with E-state index in [0.717, 1.165) is 16.3 Å². The molecule has 7 nitrogen and oxygen atoms in total. The SMILES string of the molecule is N#C/C(=C(/O)c1ccc(-c2ccc([N+](=O)[O-])cc2Cl)o1)c1nc(-c2ccc3ccccc3c2)cs1. The number of halogens is 1. The van der Waals surface area contributed by atoms with Gasteiger partial charge in [0.15, 0.2) is 11.5 Å². The normalized spacial score (nSPS) is 11.8. The van der Waals surface area contributed by atoms with E-state index in [2.05, 4.69) is 4.98 Å². The zero-order chi connectivity index (χ0) is 24.5. The number of hydrogen-bond donors (Lipinski definition) is 1. The second-order valence-electron chi connectivity index (χ2n) is 7.52. The van der Waals surface area contributed by atoms with Gasteiger partial charge in [0.1, 0.15) is 22.4 Å². The highest BCUT2D eigenvalue weighted by Crippen LogP contribution is 2.36. The molecule has 0 saturated heterocycles. The van der Waals surface area contributed by atoms with Crippen molar-refractivity contribution < 1.29 is 14.4 Å². The number of benzene rings is 3. The van der Waals surface area contributed by atoms with E-state index in [-0.39, 0.29) is 27.8 Å². The van der Waals surface area contributed by atoms with Crippen LogP contribution >= 0.6 is 22.9 Å². The molecule has 0 unspecified atom stereocenters. The van der Waals surface area contributed by atoms with E-state index in [9.17, 15) is 20.5 Å². The van der Waals surface area contributed by atoms with Crippen LogP contribution in [0, 0.1) is 21.4 Å². The Kier molecular flexibility index (Phi) is 5.79. The number of non-ortho nitro benzene ring substituents is 1. The van der Waals surface area contributed by atoms with Crippen molar-refractivity contribution in [1.29, 1.82) is 5.26 Å². The van der Waals surface area contributed by atoms with Crippen molar-refractivity contribution in [3.63, 3.8) is 0 Å². The van der Waals surface area contributed by atoms with Gasteiger partial charge in [-0.1, -0.05) is 48.0 Å². The minimum Gasteiger partial charge on any atom is -0.503 e. The Hall–Kier alpha value is -4.45. The Bertz CT molecular complexity index is 1680. The zero-order valence-electron chi connectivity index (χ0n) is 17.8. The Balaban J connectivity index is 1.48. The molecular formula is C26H14ClN3O4S. The topological polar surface area (TPSA) is 113 Å². The van der Waals surface area contributed by atoms with Crippen molar-refractivity contribution in [2.75, 3.05) is 0 Å². The summed E-state index contributed by atoms with van der Waals surface area (Å²) in [5.74, 6) is -0.0238. The number of fused-ring (bicyclic) bond motifs is 1. The number of nitro groups is 1. The highest BCUT2D eigenvalue weighted by molar-refractivity contribution is 7.11. The van der Waals surface area contributed by atoms with Crippen molar-refractivity contribution in [2.45, 2.75) is 0 Å². The Morgan fingerprint density at radius 1 is 1.09 bits per heavy atom. The van der Waals surface area contributed by atoms with E-state index in [1.807, 2.05) is 53.9 Å². The fraction of sp³-hybridized carbons (Fsp3) is 0. The summed E-state index contributed by atoms with van der Waals surface area (Å²) in [6.07, 6.45) is 0. The van der Waals surface area contributed by atoms with Crippen LogP contribution in [0.15, 0.2) is 82.6 Å².